The fourth-order valence-corrected chi connectivity index (χ4v) is 3.95. The first-order valence-electron chi connectivity index (χ1n) is 8.26. The summed E-state index contributed by atoms with van der Waals surface area (Å²) in [4.78, 5) is 5.20. The Bertz CT molecular complexity index is 498. The molecule has 0 amide bonds. The van der Waals surface area contributed by atoms with Gasteiger partial charge in [-0.25, -0.2) is 0 Å². The van der Waals surface area contributed by atoms with E-state index in [4.69, 9.17) is 4.99 Å². The highest BCUT2D eigenvalue weighted by atomic mass is 14.8. The van der Waals surface area contributed by atoms with Crippen molar-refractivity contribution < 1.29 is 0 Å². The minimum absolute atomic E-state index is 0.548. The summed E-state index contributed by atoms with van der Waals surface area (Å²) < 4.78 is 0. The van der Waals surface area contributed by atoms with Crippen molar-refractivity contribution in [3.05, 3.63) is 29.3 Å². The van der Waals surface area contributed by atoms with E-state index in [-0.39, 0.29) is 0 Å². The number of hydrogen-bond donors (Lipinski definition) is 0. The summed E-state index contributed by atoms with van der Waals surface area (Å²) in [5, 5.41) is 0. The highest BCUT2D eigenvalue weighted by molar-refractivity contribution is 5.92. The normalized spacial score (nSPS) is 27.2. The summed E-state index contributed by atoms with van der Waals surface area (Å²) in [6.07, 6.45) is 5.48. The fourth-order valence-electron chi connectivity index (χ4n) is 3.95. The molecule has 0 heterocycles. The molecule has 0 spiro atoms. The topological polar surface area (TPSA) is 12.4 Å². The van der Waals surface area contributed by atoms with Crippen LogP contribution >= 0.6 is 0 Å². The molecule has 2 aliphatic carbocycles. The van der Waals surface area contributed by atoms with Crippen molar-refractivity contribution in [1.29, 1.82) is 0 Å². The molecule has 1 aromatic rings. The van der Waals surface area contributed by atoms with Gasteiger partial charge < -0.3 is 0 Å². The van der Waals surface area contributed by atoms with Crippen LogP contribution in [0.1, 0.15) is 76.3 Å². The van der Waals surface area contributed by atoms with Gasteiger partial charge in [0, 0.05) is 5.71 Å². The van der Waals surface area contributed by atoms with Crippen LogP contribution in [0.4, 0.5) is 5.69 Å². The summed E-state index contributed by atoms with van der Waals surface area (Å²) in [6.45, 7) is 9.13. The van der Waals surface area contributed by atoms with Gasteiger partial charge in [-0.15, -0.1) is 0 Å². The number of rotatable bonds is 3. The van der Waals surface area contributed by atoms with Crippen LogP contribution in [0.25, 0.3) is 0 Å². The van der Waals surface area contributed by atoms with Gasteiger partial charge >= 0.3 is 0 Å². The van der Waals surface area contributed by atoms with Crippen molar-refractivity contribution in [3.8, 4) is 0 Å². The summed E-state index contributed by atoms with van der Waals surface area (Å²) in [5.74, 6) is 2.82. The number of benzene rings is 1. The summed E-state index contributed by atoms with van der Waals surface area (Å²) >= 11 is 0. The number of para-hydroxylation sites is 1. The van der Waals surface area contributed by atoms with E-state index >= 15 is 0 Å². The molecule has 0 aliphatic heterocycles. The number of fused-ring (bicyclic) bond motifs is 2. The standard InChI is InChI=1S/C19H27N/c1-12(2)16-6-5-7-17(13(3)4)19(16)20-18-11-14-8-9-15(18)10-14/h5-7,12-15H,8-11H2,1-4H3/b20-18-. The summed E-state index contributed by atoms with van der Waals surface area (Å²) in [7, 11) is 0. The monoisotopic (exact) mass is 269 g/mol. The van der Waals surface area contributed by atoms with Crippen LogP contribution in [0.2, 0.25) is 0 Å². The van der Waals surface area contributed by atoms with E-state index in [1.807, 2.05) is 0 Å². The molecule has 20 heavy (non-hydrogen) atoms. The Hall–Kier alpha value is -1.11. The minimum Gasteiger partial charge on any atom is -0.257 e. The third kappa shape index (κ3) is 2.43. The van der Waals surface area contributed by atoms with Crippen LogP contribution in [0.15, 0.2) is 23.2 Å². The molecule has 1 aromatic carbocycles. The van der Waals surface area contributed by atoms with E-state index in [0.29, 0.717) is 11.8 Å². The van der Waals surface area contributed by atoms with Gasteiger partial charge in [0.2, 0.25) is 0 Å². The molecule has 2 bridgehead atoms. The van der Waals surface area contributed by atoms with Crippen LogP contribution in [0.5, 0.6) is 0 Å². The maximum Gasteiger partial charge on any atom is 0.0698 e. The Morgan fingerprint density at radius 2 is 1.65 bits per heavy atom. The molecular weight excluding hydrogens is 242 g/mol. The molecule has 3 rings (SSSR count). The van der Waals surface area contributed by atoms with Crippen LogP contribution in [-0.2, 0) is 0 Å². The largest absolute Gasteiger partial charge is 0.257 e. The van der Waals surface area contributed by atoms with Gasteiger partial charge in [-0.05, 0) is 60.5 Å². The van der Waals surface area contributed by atoms with Crippen molar-refractivity contribution in [1.82, 2.24) is 0 Å². The highest BCUT2D eigenvalue weighted by Gasteiger charge is 2.36. The molecule has 0 radical (unpaired) electrons. The Kier molecular flexibility index (Phi) is 3.70. The molecule has 0 N–H and O–H groups in total. The van der Waals surface area contributed by atoms with Crippen LogP contribution in [-0.4, -0.2) is 5.71 Å². The van der Waals surface area contributed by atoms with Crippen molar-refractivity contribution in [2.75, 3.05) is 0 Å². The predicted octanol–water partition coefficient (Wildman–Crippen LogP) is 5.83. The molecule has 2 aliphatic rings. The maximum absolute atomic E-state index is 5.20. The van der Waals surface area contributed by atoms with Gasteiger partial charge in [0.05, 0.1) is 5.69 Å². The van der Waals surface area contributed by atoms with E-state index in [1.54, 1.807) is 0 Å². The van der Waals surface area contributed by atoms with Gasteiger partial charge in [0.25, 0.3) is 0 Å². The van der Waals surface area contributed by atoms with Crippen molar-refractivity contribution in [3.63, 3.8) is 0 Å². The first kappa shape index (κ1) is 13.9. The molecule has 2 unspecified atom stereocenters. The van der Waals surface area contributed by atoms with E-state index < -0.39 is 0 Å². The second-order valence-corrected chi connectivity index (χ2v) is 7.28. The average molecular weight is 269 g/mol. The molecule has 2 atom stereocenters. The van der Waals surface area contributed by atoms with E-state index in [9.17, 15) is 0 Å². The predicted molar refractivity (Wildman–Crippen MR) is 87.2 cm³/mol. The van der Waals surface area contributed by atoms with Crippen molar-refractivity contribution in [2.24, 2.45) is 16.8 Å². The SMILES string of the molecule is CC(C)c1cccc(C(C)C)c1/N=C1/CC2CCC1C2. The first-order valence-corrected chi connectivity index (χ1v) is 8.26. The maximum atomic E-state index is 5.20. The molecule has 1 nitrogen and oxygen atoms in total. The Balaban J connectivity index is 2.05. The zero-order chi connectivity index (χ0) is 14.3. The van der Waals surface area contributed by atoms with Crippen LogP contribution in [0, 0.1) is 11.8 Å². The van der Waals surface area contributed by atoms with E-state index in [1.165, 1.54) is 48.2 Å². The van der Waals surface area contributed by atoms with Gasteiger partial charge in [0.1, 0.15) is 0 Å². The van der Waals surface area contributed by atoms with Gasteiger partial charge in [0.15, 0.2) is 0 Å². The number of nitrogens with zero attached hydrogens (tertiary/aromatic N) is 1. The zero-order valence-electron chi connectivity index (χ0n) is 13.3. The van der Waals surface area contributed by atoms with E-state index in [0.717, 1.165) is 11.8 Å². The third-order valence-electron chi connectivity index (χ3n) is 5.11. The summed E-state index contributed by atoms with van der Waals surface area (Å²) in [5.41, 5.74) is 5.63. The van der Waals surface area contributed by atoms with Gasteiger partial charge in [-0.2, -0.15) is 0 Å². The minimum atomic E-state index is 0.548. The lowest BCUT2D eigenvalue weighted by molar-refractivity contribution is 0.592. The zero-order valence-corrected chi connectivity index (χ0v) is 13.3. The van der Waals surface area contributed by atoms with Crippen LogP contribution in [0.3, 0.4) is 0 Å². The fraction of sp³-hybridized carbons (Fsp3) is 0.632. The van der Waals surface area contributed by atoms with Gasteiger partial charge in [-0.3, -0.25) is 4.99 Å². The molecule has 1 heteroatoms. The number of hydrogen-bond acceptors (Lipinski definition) is 1. The molecule has 2 fully saturated rings. The molecule has 0 aromatic heterocycles. The van der Waals surface area contributed by atoms with Crippen molar-refractivity contribution in [2.45, 2.75) is 65.2 Å². The Morgan fingerprint density at radius 1 is 1.00 bits per heavy atom. The van der Waals surface area contributed by atoms with Gasteiger partial charge in [-0.1, -0.05) is 45.9 Å². The molecule has 108 valence electrons. The lowest BCUT2D eigenvalue weighted by Crippen LogP contribution is -2.09. The first-order chi connectivity index (χ1) is 9.56. The second kappa shape index (κ2) is 5.35. The highest BCUT2D eigenvalue weighted by Crippen LogP contribution is 2.44. The Morgan fingerprint density at radius 3 is 2.10 bits per heavy atom. The molecule has 2 saturated carbocycles. The molecular formula is C19H27N. The lowest BCUT2D eigenvalue weighted by Gasteiger charge is -2.19. The molecule has 0 saturated heterocycles. The second-order valence-electron chi connectivity index (χ2n) is 7.28. The van der Waals surface area contributed by atoms with E-state index in [2.05, 4.69) is 45.9 Å². The smallest absolute Gasteiger partial charge is 0.0698 e. The average Bonchev–Trinajstić information content (AvgIpc) is 3.00. The summed E-state index contributed by atoms with van der Waals surface area (Å²) in [6, 6.07) is 6.74. The lowest BCUT2D eigenvalue weighted by atomic mass is 9.92. The van der Waals surface area contributed by atoms with Crippen LogP contribution < -0.4 is 0 Å². The number of aliphatic imine (C=N–C) groups is 1. The van der Waals surface area contributed by atoms with Crippen molar-refractivity contribution >= 4 is 11.4 Å². The Labute approximate surface area is 123 Å². The third-order valence-corrected chi connectivity index (χ3v) is 5.11. The quantitative estimate of drug-likeness (QED) is 0.655.